The Labute approximate surface area is 175 Å². The first-order chi connectivity index (χ1) is 14.7. The molecule has 0 amide bonds. The molecule has 30 heavy (non-hydrogen) atoms. The summed E-state index contributed by atoms with van der Waals surface area (Å²) in [6, 6.07) is 22.6. The van der Waals surface area contributed by atoms with Gasteiger partial charge in [0, 0.05) is 48.9 Å². The number of hydrogen-bond donors (Lipinski definition) is 0. The van der Waals surface area contributed by atoms with Gasteiger partial charge in [-0.15, -0.1) is 0 Å². The molecule has 2 aromatic heterocycles. The monoisotopic (exact) mass is 396 g/mol. The van der Waals surface area contributed by atoms with Crippen LogP contribution in [-0.4, -0.2) is 26.4 Å². The minimum absolute atomic E-state index is 0.237. The summed E-state index contributed by atoms with van der Waals surface area (Å²) in [6.45, 7) is 2.50. The molecule has 0 saturated heterocycles. The minimum Gasteiger partial charge on any atom is -0.293 e. The van der Waals surface area contributed by atoms with E-state index >= 15 is 0 Å². The van der Waals surface area contributed by atoms with Crippen LogP contribution in [0.25, 0.3) is 22.6 Å². The van der Waals surface area contributed by atoms with Gasteiger partial charge in [0.05, 0.1) is 17.1 Å². The van der Waals surface area contributed by atoms with E-state index in [1.807, 2.05) is 54.7 Å². The van der Waals surface area contributed by atoms with Crippen LogP contribution in [0, 0.1) is 5.82 Å². The summed E-state index contributed by atoms with van der Waals surface area (Å²) in [5, 5.41) is 0. The molecule has 1 aliphatic rings. The Kier molecular flexibility index (Phi) is 5.03. The highest BCUT2D eigenvalue weighted by atomic mass is 19.1. The molecule has 0 N–H and O–H groups in total. The highest BCUT2D eigenvalue weighted by molar-refractivity contribution is 5.59. The smallest absolute Gasteiger partial charge is 0.159 e. The summed E-state index contributed by atoms with van der Waals surface area (Å²) in [6.07, 6.45) is 2.86. The minimum atomic E-state index is -0.237. The number of hydrogen-bond acceptors (Lipinski definition) is 4. The Morgan fingerprint density at radius 2 is 1.67 bits per heavy atom. The van der Waals surface area contributed by atoms with E-state index in [0.29, 0.717) is 0 Å². The van der Waals surface area contributed by atoms with Gasteiger partial charge in [0.25, 0.3) is 0 Å². The number of halogens is 1. The maximum atomic E-state index is 13.2. The number of rotatable bonds is 4. The second-order valence-corrected chi connectivity index (χ2v) is 7.51. The molecule has 3 heterocycles. The van der Waals surface area contributed by atoms with Gasteiger partial charge in [-0.25, -0.2) is 14.4 Å². The van der Waals surface area contributed by atoms with Crippen LogP contribution in [0.3, 0.4) is 0 Å². The number of nitrogens with zero attached hydrogens (tertiary/aromatic N) is 4. The van der Waals surface area contributed by atoms with Crippen LogP contribution in [0.5, 0.6) is 0 Å². The van der Waals surface area contributed by atoms with Crippen molar-refractivity contribution in [1.82, 2.24) is 19.9 Å². The zero-order valence-corrected chi connectivity index (χ0v) is 16.5. The third kappa shape index (κ3) is 3.98. The molecular weight excluding hydrogens is 375 g/mol. The Hall–Kier alpha value is -3.44. The van der Waals surface area contributed by atoms with Crippen molar-refractivity contribution in [3.63, 3.8) is 0 Å². The molecule has 0 bridgehead atoms. The summed E-state index contributed by atoms with van der Waals surface area (Å²) in [7, 11) is 0. The topological polar surface area (TPSA) is 41.9 Å². The molecule has 0 unspecified atom stereocenters. The van der Waals surface area contributed by atoms with E-state index in [4.69, 9.17) is 9.97 Å². The van der Waals surface area contributed by atoms with Gasteiger partial charge in [-0.05, 0) is 36.4 Å². The van der Waals surface area contributed by atoms with E-state index in [0.717, 1.165) is 60.1 Å². The number of fused-ring (bicyclic) bond motifs is 1. The normalized spacial score (nSPS) is 13.8. The molecule has 0 fully saturated rings. The van der Waals surface area contributed by atoms with Crippen LogP contribution in [-0.2, 0) is 19.5 Å². The Morgan fingerprint density at radius 1 is 0.833 bits per heavy atom. The van der Waals surface area contributed by atoms with Gasteiger partial charge in [-0.3, -0.25) is 9.88 Å². The third-order valence-electron chi connectivity index (χ3n) is 5.38. The Morgan fingerprint density at radius 3 is 2.50 bits per heavy atom. The fourth-order valence-corrected chi connectivity index (χ4v) is 3.81. The molecule has 4 nitrogen and oxygen atoms in total. The van der Waals surface area contributed by atoms with Crippen molar-refractivity contribution in [2.75, 3.05) is 6.54 Å². The second-order valence-electron chi connectivity index (χ2n) is 7.51. The van der Waals surface area contributed by atoms with E-state index < -0.39 is 0 Å². The van der Waals surface area contributed by atoms with Gasteiger partial charge >= 0.3 is 0 Å². The summed E-state index contributed by atoms with van der Waals surface area (Å²) in [4.78, 5) is 16.5. The van der Waals surface area contributed by atoms with E-state index in [9.17, 15) is 4.39 Å². The maximum absolute atomic E-state index is 13.2. The van der Waals surface area contributed by atoms with Crippen LogP contribution < -0.4 is 0 Å². The van der Waals surface area contributed by atoms with E-state index in [2.05, 4.69) is 9.88 Å². The number of aromatic nitrogens is 3. The molecule has 4 aromatic rings. The number of benzene rings is 2. The van der Waals surface area contributed by atoms with E-state index in [1.165, 1.54) is 17.7 Å². The Balaban J connectivity index is 1.31. The van der Waals surface area contributed by atoms with Crippen molar-refractivity contribution in [2.45, 2.75) is 19.5 Å². The fraction of sp³-hybridized carbons (Fsp3) is 0.160. The maximum Gasteiger partial charge on any atom is 0.159 e. The summed E-state index contributed by atoms with van der Waals surface area (Å²) >= 11 is 0. The molecule has 5 rings (SSSR count). The molecule has 148 valence electrons. The third-order valence-corrected chi connectivity index (χ3v) is 5.38. The lowest BCUT2D eigenvalue weighted by atomic mass is 10.1. The van der Waals surface area contributed by atoms with Crippen LogP contribution in [0.2, 0.25) is 0 Å². The van der Waals surface area contributed by atoms with E-state index in [1.54, 1.807) is 12.1 Å². The molecule has 0 saturated carbocycles. The predicted molar refractivity (Wildman–Crippen MR) is 115 cm³/mol. The van der Waals surface area contributed by atoms with Crippen molar-refractivity contribution in [1.29, 1.82) is 0 Å². The molecule has 2 aromatic carbocycles. The van der Waals surface area contributed by atoms with Gasteiger partial charge in [-0.1, -0.05) is 36.4 Å². The van der Waals surface area contributed by atoms with Gasteiger partial charge in [-0.2, -0.15) is 0 Å². The van der Waals surface area contributed by atoms with Crippen LogP contribution in [0.15, 0.2) is 79.0 Å². The molecule has 0 aliphatic carbocycles. The molecular formula is C25H21FN4. The van der Waals surface area contributed by atoms with Crippen molar-refractivity contribution in [3.8, 4) is 22.6 Å². The highest BCUT2D eigenvalue weighted by Crippen LogP contribution is 2.23. The van der Waals surface area contributed by atoms with Crippen LogP contribution in [0.1, 0.15) is 17.0 Å². The standard InChI is InChI=1S/C25H21FN4/c26-21-11-9-18(10-12-21)23-8-4-7-22(28-23)17-30-14-13-24-20(16-30)15-27-25(29-24)19-5-2-1-3-6-19/h1-12,15H,13-14,16-17H2. The lowest BCUT2D eigenvalue weighted by molar-refractivity contribution is 0.240. The lowest BCUT2D eigenvalue weighted by Crippen LogP contribution is -2.31. The van der Waals surface area contributed by atoms with Crippen molar-refractivity contribution in [3.05, 3.63) is 102 Å². The Bertz CT molecular complexity index is 1160. The largest absolute Gasteiger partial charge is 0.293 e. The summed E-state index contributed by atoms with van der Waals surface area (Å²) in [5.41, 5.74) is 6.14. The highest BCUT2D eigenvalue weighted by Gasteiger charge is 2.19. The first-order valence-corrected chi connectivity index (χ1v) is 10.1. The SMILES string of the molecule is Fc1ccc(-c2cccc(CN3CCc4nc(-c5ccccc5)ncc4C3)n2)cc1. The molecule has 0 radical (unpaired) electrons. The van der Waals surface area contributed by atoms with E-state index in [-0.39, 0.29) is 5.82 Å². The van der Waals surface area contributed by atoms with Crippen LogP contribution in [0.4, 0.5) is 4.39 Å². The molecule has 1 aliphatic heterocycles. The zero-order valence-electron chi connectivity index (χ0n) is 16.5. The average molecular weight is 396 g/mol. The van der Waals surface area contributed by atoms with Gasteiger partial charge < -0.3 is 0 Å². The van der Waals surface area contributed by atoms with Gasteiger partial charge in [0.2, 0.25) is 0 Å². The first-order valence-electron chi connectivity index (χ1n) is 10.1. The second kappa shape index (κ2) is 8.13. The van der Waals surface area contributed by atoms with Gasteiger partial charge in [0.1, 0.15) is 5.82 Å². The quantitative estimate of drug-likeness (QED) is 0.492. The lowest BCUT2D eigenvalue weighted by Gasteiger charge is -2.27. The van der Waals surface area contributed by atoms with Gasteiger partial charge in [0.15, 0.2) is 5.82 Å². The average Bonchev–Trinajstić information content (AvgIpc) is 2.80. The predicted octanol–water partition coefficient (Wildman–Crippen LogP) is 4.90. The molecule has 0 spiro atoms. The van der Waals surface area contributed by atoms with Crippen molar-refractivity contribution in [2.24, 2.45) is 0 Å². The molecule has 0 atom stereocenters. The van der Waals surface area contributed by atoms with Crippen molar-refractivity contribution < 1.29 is 4.39 Å². The summed E-state index contributed by atoms with van der Waals surface area (Å²) in [5.74, 6) is 0.552. The first kappa shape index (κ1) is 18.6. The fourth-order valence-electron chi connectivity index (χ4n) is 3.81. The summed E-state index contributed by atoms with van der Waals surface area (Å²) < 4.78 is 13.2. The van der Waals surface area contributed by atoms with Crippen molar-refractivity contribution >= 4 is 0 Å². The zero-order chi connectivity index (χ0) is 20.3. The van der Waals surface area contributed by atoms with Crippen LogP contribution >= 0.6 is 0 Å². The number of pyridine rings is 1. The molecule has 5 heteroatoms.